The van der Waals surface area contributed by atoms with Gasteiger partial charge < -0.3 is 34.6 Å². The van der Waals surface area contributed by atoms with Crippen molar-refractivity contribution >= 4 is 11.7 Å². The molecule has 0 aromatic heterocycles. The molecule has 4 heterocycles. The number of nitrogens with two attached hydrogens (primary N) is 1. The molecule has 4 aliphatic heterocycles. The molecular formula is C34H50N2O7. The van der Waals surface area contributed by atoms with Crippen molar-refractivity contribution in [2.45, 2.75) is 115 Å². The Hall–Kier alpha value is -2.30. The molecule has 9 heteroatoms. The monoisotopic (exact) mass is 598 g/mol. The second-order valence-electron chi connectivity index (χ2n) is 13.2. The van der Waals surface area contributed by atoms with Crippen LogP contribution in [0, 0.1) is 17.8 Å². The van der Waals surface area contributed by atoms with E-state index in [0.717, 1.165) is 32.1 Å². The number of aliphatic hydroxyl groups is 1. The zero-order valence-electron chi connectivity index (χ0n) is 26.4. The summed E-state index contributed by atoms with van der Waals surface area (Å²) in [6, 6.07) is 0. The molecule has 43 heavy (non-hydrogen) atoms. The Labute approximate surface area is 256 Å². The van der Waals surface area contributed by atoms with Gasteiger partial charge in [0.2, 0.25) is 0 Å². The predicted molar refractivity (Wildman–Crippen MR) is 164 cm³/mol. The molecule has 0 aromatic carbocycles. The highest BCUT2D eigenvalue weighted by atomic mass is 16.7. The summed E-state index contributed by atoms with van der Waals surface area (Å²) >= 11 is 0. The number of hydrogen-bond acceptors (Lipinski definition) is 9. The number of esters is 1. The molecule has 3 fully saturated rings. The number of ether oxygens (including phenoxy) is 4. The van der Waals surface area contributed by atoms with Gasteiger partial charge in [0.05, 0.1) is 18.8 Å². The van der Waals surface area contributed by atoms with Gasteiger partial charge in [-0.05, 0) is 62.5 Å². The Morgan fingerprint density at radius 3 is 2.79 bits per heavy atom. The van der Waals surface area contributed by atoms with E-state index in [9.17, 15) is 9.90 Å². The van der Waals surface area contributed by atoms with E-state index >= 15 is 0 Å². The normalized spacial score (nSPS) is 44.4. The van der Waals surface area contributed by atoms with Crippen LogP contribution in [0.3, 0.4) is 0 Å². The van der Waals surface area contributed by atoms with Crippen LogP contribution in [0.15, 0.2) is 52.3 Å². The van der Waals surface area contributed by atoms with E-state index in [-0.39, 0.29) is 31.3 Å². The molecular weight excluding hydrogens is 548 g/mol. The lowest BCUT2D eigenvalue weighted by Gasteiger charge is -2.49. The molecule has 0 saturated carbocycles. The van der Waals surface area contributed by atoms with Crippen molar-refractivity contribution < 1.29 is 33.7 Å². The van der Waals surface area contributed by atoms with E-state index in [4.69, 9.17) is 29.5 Å². The maximum atomic E-state index is 14.1. The van der Waals surface area contributed by atoms with Gasteiger partial charge in [0.25, 0.3) is 0 Å². The maximum Gasteiger partial charge on any atom is 0.316 e. The van der Waals surface area contributed by atoms with Crippen LogP contribution < -0.4 is 5.73 Å². The number of carbonyl (C=O) groups excluding carboxylic acids is 1. The summed E-state index contributed by atoms with van der Waals surface area (Å²) in [5.74, 6) is -1.53. The first-order chi connectivity index (χ1) is 20.6. The van der Waals surface area contributed by atoms with Crippen molar-refractivity contribution in [2.75, 3.05) is 19.8 Å². The third-order valence-electron chi connectivity index (χ3n) is 9.71. The zero-order chi connectivity index (χ0) is 30.8. The minimum atomic E-state index is -1.67. The molecule has 3 N–H and O–H groups in total. The lowest BCUT2D eigenvalue weighted by Crippen LogP contribution is -2.57. The fourth-order valence-electron chi connectivity index (χ4n) is 7.38. The number of rotatable bonds is 4. The van der Waals surface area contributed by atoms with Crippen molar-refractivity contribution in [3.05, 3.63) is 47.1 Å². The summed E-state index contributed by atoms with van der Waals surface area (Å²) in [4.78, 5) is 19.5. The third-order valence-corrected chi connectivity index (χ3v) is 9.71. The Kier molecular flexibility index (Phi) is 9.98. The van der Waals surface area contributed by atoms with Crippen LogP contribution in [0.5, 0.6) is 0 Å². The summed E-state index contributed by atoms with van der Waals surface area (Å²) in [5.41, 5.74) is 6.97. The Morgan fingerprint density at radius 1 is 1.21 bits per heavy atom. The van der Waals surface area contributed by atoms with Crippen LogP contribution in [0.2, 0.25) is 0 Å². The Balaban J connectivity index is 1.52. The largest absolute Gasteiger partial charge is 0.462 e. The number of allylic oxidation sites excluding steroid dienone is 4. The number of nitrogens with zero attached hydrogens (tertiary/aromatic N) is 1. The predicted octanol–water partition coefficient (Wildman–Crippen LogP) is 4.89. The molecule has 3 saturated heterocycles. The fraction of sp³-hybridized carbons (Fsp3) is 0.706. The van der Waals surface area contributed by atoms with E-state index in [1.165, 1.54) is 5.57 Å². The van der Waals surface area contributed by atoms with E-state index in [1.807, 2.05) is 19.1 Å². The molecule has 1 aliphatic carbocycles. The fourth-order valence-corrected chi connectivity index (χ4v) is 7.38. The number of hydrogen-bond donors (Lipinski definition) is 2. The van der Waals surface area contributed by atoms with Crippen molar-refractivity contribution in [3.63, 3.8) is 0 Å². The average Bonchev–Trinajstić information content (AvgIpc) is 3.30. The number of oxime groups is 1. The molecule has 0 radical (unpaired) electrons. The van der Waals surface area contributed by atoms with Gasteiger partial charge in [0.15, 0.2) is 5.79 Å². The Bertz CT molecular complexity index is 1190. The molecule has 0 amide bonds. The minimum absolute atomic E-state index is 0.0968. The minimum Gasteiger partial charge on any atom is -0.462 e. The smallest absolute Gasteiger partial charge is 0.316 e. The summed E-state index contributed by atoms with van der Waals surface area (Å²) in [6.45, 7) is 11.2. The number of carbonyl (C=O) groups is 1. The molecule has 1 spiro atoms. The van der Waals surface area contributed by atoms with Crippen molar-refractivity contribution in [2.24, 2.45) is 28.6 Å². The Morgan fingerprint density at radius 2 is 2.02 bits per heavy atom. The van der Waals surface area contributed by atoms with Crippen LogP contribution in [-0.2, 0) is 28.6 Å². The summed E-state index contributed by atoms with van der Waals surface area (Å²) in [5, 5.41) is 16.7. The molecule has 1 unspecified atom stereocenters. The zero-order valence-corrected chi connectivity index (χ0v) is 26.4. The third kappa shape index (κ3) is 6.71. The molecule has 5 aliphatic rings. The first kappa shape index (κ1) is 32.1. The quantitative estimate of drug-likeness (QED) is 0.203. The number of fused-ring (bicyclic) bond motifs is 2. The van der Waals surface area contributed by atoms with E-state index in [2.05, 4.69) is 45.0 Å². The highest BCUT2D eigenvalue weighted by Crippen LogP contribution is 2.46. The standard InChI is InChI=1S/C34H50N2O7/c1-6-29-23(4)12-13-33(43-29)19-27-18-26(42-33)11-10-22(3)16-21(2)8-7-9-25-20-39-31-30(36-40-15-14-35)24(5)17-28(32(37)41-27)34(25,31)38/h7-10,17,21,23,26-29,31,38H,6,11-16,18-20,35H2,1-5H3/b8-7+,22-10+,25-9+,36-30-/t21-,23-,26+,27-,28?,29+,31+,33+,34+/m0/s1. The van der Waals surface area contributed by atoms with Gasteiger partial charge in [-0.1, -0.05) is 61.9 Å². The van der Waals surface area contributed by atoms with Gasteiger partial charge in [0.1, 0.15) is 36.0 Å². The summed E-state index contributed by atoms with van der Waals surface area (Å²) in [6.07, 6.45) is 13.9. The van der Waals surface area contributed by atoms with E-state index in [0.29, 0.717) is 42.2 Å². The van der Waals surface area contributed by atoms with Crippen LogP contribution in [0.4, 0.5) is 0 Å². The van der Waals surface area contributed by atoms with Gasteiger partial charge in [-0.15, -0.1) is 0 Å². The van der Waals surface area contributed by atoms with Crippen LogP contribution >= 0.6 is 0 Å². The molecule has 9 atom stereocenters. The lowest BCUT2D eigenvalue weighted by molar-refractivity contribution is -0.335. The van der Waals surface area contributed by atoms with Crippen molar-refractivity contribution in [1.82, 2.24) is 0 Å². The highest BCUT2D eigenvalue weighted by molar-refractivity contribution is 6.07. The van der Waals surface area contributed by atoms with Crippen molar-refractivity contribution in [3.8, 4) is 0 Å². The summed E-state index contributed by atoms with van der Waals surface area (Å²) in [7, 11) is 0. The molecule has 5 rings (SSSR count). The molecule has 2 bridgehead atoms. The van der Waals surface area contributed by atoms with Gasteiger partial charge in [0, 0.05) is 25.8 Å². The van der Waals surface area contributed by atoms with Gasteiger partial charge in [-0.25, -0.2) is 0 Å². The second-order valence-corrected chi connectivity index (χ2v) is 13.2. The molecule has 9 nitrogen and oxygen atoms in total. The van der Waals surface area contributed by atoms with Crippen LogP contribution in [0.1, 0.15) is 79.6 Å². The SMILES string of the molecule is CC[C@H]1O[C@]2(CC[C@@H]1C)C[C@@H]1C[C@@H](C/C=C(\C)C[C@@H](C)/C=C/C=C3\CO[C@@H]4/C(=N\OCCN)C(C)=CC(C(=O)O1)[C@]34O)O2. The topological polar surface area (TPSA) is 122 Å². The first-order valence-electron chi connectivity index (χ1n) is 16.1. The maximum absolute atomic E-state index is 14.1. The van der Waals surface area contributed by atoms with E-state index in [1.54, 1.807) is 6.08 Å². The first-order valence-corrected chi connectivity index (χ1v) is 16.1. The summed E-state index contributed by atoms with van der Waals surface area (Å²) < 4.78 is 25.9. The van der Waals surface area contributed by atoms with Gasteiger partial charge >= 0.3 is 5.97 Å². The van der Waals surface area contributed by atoms with Crippen LogP contribution in [0.25, 0.3) is 0 Å². The van der Waals surface area contributed by atoms with E-state index < -0.39 is 35.5 Å². The lowest BCUT2D eigenvalue weighted by atomic mass is 9.71. The average molecular weight is 599 g/mol. The highest BCUT2D eigenvalue weighted by Gasteiger charge is 2.59. The molecule has 238 valence electrons. The van der Waals surface area contributed by atoms with Crippen LogP contribution in [-0.4, -0.2) is 72.4 Å². The van der Waals surface area contributed by atoms with Gasteiger partial charge in [-0.2, -0.15) is 0 Å². The van der Waals surface area contributed by atoms with Crippen molar-refractivity contribution in [1.29, 1.82) is 0 Å². The molecule has 0 aromatic rings. The second kappa shape index (κ2) is 13.4. The van der Waals surface area contributed by atoms with Gasteiger partial charge in [-0.3, -0.25) is 4.79 Å².